The maximum absolute atomic E-state index is 11.5. The van der Waals surface area contributed by atoms with E-state index in [-0.39, 0.29) is 11.8 Å². The first-order chi connectivity index (χ1) is 8.75. The van der Waals surface area contributed by atoms with Gasteiger partial charge in [0.05, 0.1) is 26.0 Å². The summed E-state index contributed by atoms with van der Waals surface area (Å²) in [4.78, 5) is 24.2. The topological polar surface area (TPSA) is 55.8 Å². The van der Waals surface area contributed by atoms with Crippen LogP contribution in [0.5, 0.6) is 0 Å². The third kappa shape index (κ3) is 5.31. The van der Waals surface area contributed by atoms with Crippen molar-refractivity contribution in [3.05, 3.63) is 12.8 Å². The van der Waals surface area contributed by atoms with Crippen molar-refractivity contribution < 1.29 is 19.1 Å². The van der Waals surface area contributed by atoms with Crippen molar-refractivity contribution in [1.29, 1.82) is 0 Å². The number of piperidine rings is 1. The third-order valence-electron chi connectivity index (χ3n) is 2.76. The molecular formula is C13H21NO4. The van der Waals surface area contributed by atoms with Crippen LogP contribution in [0.4, 0.5) is 0 Å². The molecule has 1 saturated heterocycles. The minimum absolute atomic E-state index is 0.0748. The molecule has 1 aliphatic heterocycles. The molecule has 0 saturated carbocycles. The molecular weight excluding hydrogens is 234 g/mol. The van der Waals surface area contributed by atoms with Crippen molar-refractivity contribution in [3.63, 3.8) is 0 Å². The molecule has 0 aromatic heterocycles. The zero-order chi connectivity index (χ0) is 13.2. The van der Waals surface area contributed by atoms with Crippen molar-refractivity contribution in [2.45, 2.75) is 32.1 Å². The molecule has 5 heteroatoms. The molecule has 1 heterocycles. The van der Waals surface area contributed by atoms with Crippen LogP contribution in [-0.4, -0.2) is 43.1 Å². The lowest BCUT2D eigenvalue weighted by molar-refractivity contribution is -0.148. The van der Waals surface area contributed by atoms with E-state index in [4.69, 9.17) is 9.47 Å². The van der Waals surface area contributed by atoms with Crippen LogP contribution in [-0.2, 0) is 19.1 Å². The quantitative estimate of drug-likeness (QED) is 0.356. The highest BCUT2D eigenvalue weighted by Gasteiger charge is 2.24. The Morgan fingerprint density at radius 3 is 2.44 bits per heavy atom. The first-order valence-electron chi connectivity index (χ1n) is 6.39. The van der Waals surface area contributed by atoms with Gasteiger partial charge >= 0.3 is 0 Å². The molecule has 1 fully saturated rings. The van der Waals surface area contributed by atoms with E-state index in [9.17, 15) is 9.59 Å². The number of hydrogen-bond donors (Lipinski definition) is 0. The molecule has 102 valence electrons. The van der Waals surface area contributed by atoms with E-state index in [0.29, 0.717) is 45.6 Å². The van der Waals surface area contributed by atoms with Gasteiger partial charge in [-0.15, -0.1) is 0 Å². The fourth-order valence-corrected chi connectivity index (χ4v) is 1.78. The molecule has 2 amide bonds. The molecule has 0 unspecified atom stereocenters. The standard InChI is InChI=1S/C13H21NO4/c1-2-17-9-3-4-10-18-11-8-14-12(15)6-5-7-13(14)16/h2H,1,3-11H2. The normalized spacial score (nSPS) is 15.9. The summed E-state index contributed by atoms with van der Waals surface area (Å²) in [5.41, 5.74) is 0. The summed E-state index contributed by atoms with van der Waals surface area (Å²) in [5, 5.41) is 0. The number of nitrogens with zero attached hydrogens (tertiary/aromatic N) is 1. The number of imide groups is 1. The van der Waals surface area contributed by atoms with Crippen LogP contribution in [0.25, 0.3) is 0 Å². The van der Waals surface area contributed by atoms with Gasteiger partial charge in [-0.25, -0.2) is 0 Å². The average Bonchev–Trinajstić information content (AvgIpc) is 2.35. The number of unbranched alkanes of at least 4 members (excludes halogenated alkanes) is 1. The highest BCUT2D eigenvalue weighted by atomic mass is 16.5. The lowest BCUT2D eigenvalue weighted by Gasteiger charge is -2.24. The zero-order valence-electron chi connectivity index (χ0n) is 10.7. The molecule has 5 nitrogen and oxygen atoms in total. The summed E-state index contributed by atoms with van der Waals surface area (Å²) in [6.45, 7) is 5.51. The minimum Gasteiger partial charge on any atom is -0.502 e. The van der Waals surface area contributed by atoms with Gasteiger partial charge in [-0.1, -0.05) is 6.58 Å². The number of ether oxygens (including phenoxy) is 2. The molecule has 1 rings (SSSR count). The van der Waals surface area contributed by atoms with Crippen LogP contribution in [0.15, 0.2) is 12.8 Å². The molecule has 0 aliphatic carbocycles. The Hall–Kier alpha value is -1.36. The van der Waals surface area contributed by atoms with Gasteiger partial charge in [0.25, 0.3) is 0 Å². The second-order valence-corrected chi connectivity index (χ2v) is 4.15. The van der Waals surface area contributed by atoms with Crippen LogP contribution in [0, 0.1) is 0 Å². The first-order valence-corrected chi connectivity index (χ1v) is 6.39. The predicted octanol–water partition coefficient (Wildman–Crippen LogP) is 1.48. The largest absolute Gasteiger partial charge is 0.502 e. The Morgan fingerprint density at radius 2 is 1.78 bits per heavy atom. The zero-order valence-corrected chi connectivity index (χ0v) is 10.7. The molecule has 0 spiro atoms. The van der Waals surface area contributed by atoms with Gasteiger partial charge in [0.2, 0.25) is 11.8 Å². The van der Waals surface area contributed by atoms with Gasteiger partial charge in [-0.05, 0) is 19.3 Å². The van der Waals surface area contributed by atoms with Crippen molar-refractivity contribution in [1.82, 2.24) is 4.90 Å². The van der Waals surface area contributed by atoms with Crippen LogP contribution in [0.1, 0.15) is 32.1 Å². The maximum atomic E-state index is 11.5. The molecule has 0 N–H and O–H groups in total. The van der Waals surface area contributed by atoms with E-state index in [1.165, 1.54) is 11.2 Å². The van der Waals surface area contributed by atoms with Crippen molar-refractivity contribution in [3.8, 4) is 0 Å². The smallest absolute Gasteiger partial charge is 0.229 e. The molecule has 1 aliphatic rings. The molecule has 0 atom stereocenters. The highest BCUT2D eigenvalue weighted by molar-refractivity contribution is 5.97. The lowest BCUT2D eigenvalue weighted by Crippen LogP contribution is -2.42. The molecule has 0 radical (unpaired) electrons. The highest BCUT2D eigenvalue weighted by Crippen LogP contribution is 2.11. The molecule has 18 heavy (non-hydrogen) atoms. The predicted molar refractivity (Wildman–Crippen MR) is 66.8 cm³/mol. The summed E-state index contributed by atoms with van der Waals surface area (Å²) in [5.74, 6) is -0.150. The van der Waals surface area contributed by atoms with Gasteiger partial charge in [-0.2, -0.15) is 0 Å². The van der Waals surface area contributed by atoms with E-state index in [1.807, 2.05) is 0 Å². The third-order valence-corrected chi connectivity index (χ3v) is 2.76. The number of hydrogen-bond acceptors (Lipinski definition) is 4. The van der Waals surface area contributed by atoms with Crippen molar-refractivity contribution in [2.75, 3.05) is 26.4 Å². The number of carbonyl (C=O) groups excluding carboxylic acids is 2. The molecule has 0 aromatic carbocycles. The monoisotopic (exact) mass is 255 g/mol. The van der Waals surface area contributed by atoms with E-state index < -0.39 is 0 Å². The van der Waals surface area contributed by atoms with Crippen LogP contribution in [0.3, 0.4) is 0 Å². The van der Waals surface area contributed by atoms with Crippen LogP contribution < -0.4 is 0 Å². The van der Waals surface area contributed by atoms with Gasteiger partial charge in [0.15, 0.2) is 0 Å². The number of carbonyl (C=O) groups is 2. The van der Waals surface area contributed by atoms with Gasteiger partial charge in [-0.3, -0.25) is 14.5 Å². The second kappa shape index (κ2) is 8.69. The Morgan fingerprint density at radius 1 is 1.11 bits per heavy atom. The fourth-order valence-electron chi connectivity index (χ4n) is 1.78. The maximum Gasteiger partial charge on any atom is 0.229 e. The summed E-state index contributed by atoms with van der Waals surface area (Å²) in [7, 11) is 0. The van der Waals surface area contributed by atoms with Crippen molar-refractivity contribution in [2.24, 2.45) is 0 Å². The second-order valence-electron chi connectivity index (χ2n) is 4.15. The van der Waals surface area contributed by atoms with E-state index in [2.05, 4.69) is 6.58 Å². The van der Waals surface area contributed by atoms with E-state index >= 15 is 0 Å². The number of amides is 2. The Labute approximate surface area is 108 Å². The fraction of sp³-hybridized carbons (Fsp3) is 0.692. The lowest BCUT2D eigenvalue weighted by atomic mass is 10.1. The SMILES string of the molecule is C=COCCCCOCCN1C(=O)CCCC1=O. The average molecular weight is 255 g/mol. The minimum atomic E-state index is -0.0748. The van der Waals surface area contributed by atoms with Gasteiger partial charge < -0.3 is 9.47 Å². The Bertz CT molecular complexity index is 275. The van der Waals surface area contributed by atoms with E-state index in [0.717, 1.165) is 12.8 Å². The number of likely N-dealkylation sites (tertiary alicyclic amines) is 1. The Kier molecular flexibility index (Phi) is 7.10. The summed E-state index contributed by atoms with van der Waals surface area (Å²) in [6.07, 6.45) is 4.87. The van der Waals surface area contributed by atoms with Gasteiger partial charge in [0, 0.05) is 19.4 Å². The van der Waals surface area contributed by atoms with Gasteiger partial charge in [0.1, 0.15) is 0 Å². The van der Waals surface area contributed by atoms with Crippen LogP contribution >= 0.6 is 0 Å². The molecule has 0 aromatic rings. The van der Waals surface area contributed by atoms with Crippen LogP contribution in [0.2, 0.25) is 0 Å². The first kappa shape index (κ1) is 14.7. The Balaban J connectivity index is 2.01. The summed E-state index contributed by atoms with van der Waals surface area (Å²) >= 11 is 0. The summed E-state index contributed by atoms with van der Waals surface area (Å²) in [6, 6.07) is 0. The van der Waals surface area contributed by atoms with Crippen molar-refractivity contribution >= 4 is 11.8 Å². The molecule has 0 bridgehead atoms. The summed E-state index contributed by atoms with van der Waals surface area (Å²) < 4.78 is 10.4. The van der Waals surface area contributed by atoms with E-state index in [1.54, 1.807) is 0 Å². The number of rotatable bonds is 9.